The molecule has 0 atom stereocenters. The highest BCUT2D eigenvalue weighted by atomic mass is 16.4. The summed E-state index contributed by atoms with van der Waals surface area (Å²) in [7, 11) is 0. The fourth-order valence-electron chi connectivity index (χ4n) is 3.54. The Balaban J connectivity index is 1.66. The Kier molecular flexibility index (Phi) is 3.72. The van der Waals surface area contributed by atoms with Gasteiger partial charge in [-0.15, -0.1) is 0 Å². The first-order chi connectivity index (χ1) is 10.5. The van der Waals surface area contributed by atoms with Crippen LogP contribution in [-0.4, -0.2) is 34.2 Å². The van der Waals surface area contributed by atoms with E-state index in [1.165, 1.54) is 10.5 Å². The van der Waals surface area contributed by atoms with Gasteiger partial charge in [-0.05, 0) is 23.8 Å². The summed E-state index contributed by atoms with van der Waals surface area (Å²) in [5.74, 6) is -0.219. The zero-order valence-electron chi connectivity index (χ0n) is 12.7. The Hall–Kier alpha value is -2.17. The lowest BCUT2D eigenvalue weighted by Crippen LogP contribution is -2.46. The Morgan fingerprint density at radius 3 is 2.36 bits per heavy atom. The molecular formula is C17H20N2O3. The molecule has 1 N–H and O–H groups in total. The number of imide groups is 1. The third-order valence-corrected chi connectivity index (χ3v) is 4.94. The van der Waals surface area contributed by atoms with Gasteiger partial charge in [-0.3, -0.25) is 14.5 Å². The molecule has 0 aromatic heterocycles. The van der Waals surface area contributed by atoms with Crippen molar-refractivity contribution in [1.82, 2.24) is 4.90 Å². The predicted octanol–water partition coefficient (Wildman–Crippen LogP) is 2.33. The molecule has 5 nitrogen and oxygen atoms in total. The Morgan fingerprint density at radius 1 is 1.23 bits per heavy atom. The third-order valence-electron chi connectivity index (χ3n) is 4.94. The molecule has 2 aliphatic rings. The molecule has 1 aliphatic heterocycles. The van der Waals surface area contributed by atoms with Gasteiger partial charge >= 0.3 is 0 Å². The number of carbonyl (C=O) groups is 2. The zero-order valence-corrected chi connectivity index (χ0v) is 12.7. The first kappa shape index (κ1) is 14.8. The van der Waals surface area contributed by atoms with Crippen molar-refractivity contribution in [2.75, 3.05) is 6.54 Å². The van der Waals surface area contributed by atoms with E-state index in [2.05, 4.69) is 24.2 Å². The second-order valence-electron chi connectivity index (χ2n) is 6.50. The molecule has 0 spiro atoms. The summed E-state index contributed by atoms with van der Waals surface area (Å²) in [4.78, 5) is 24.6. The van der Waals surface area contributed by atoms with Gasteiger partial charge in [0, 0.05) is 18.8 Å². The van der Waals surface area contributed by atoms with Crippen LogP contribution in [-0.2, 0) is 15.0 Å². The van der Waals surface area contributed by atoms with Crippen molar-refractivity contribution in [3.05, 3.63) is 35.9 Å². The summed E-state index contributed by atoms with van der Waals surface area (Å²) in [5, 5.41) is 12.6. The van der Waals surface area contributed by atoms with Gasteiger partial charge in [0.05, 0.1) is 12.3 Å². The van der Waals surface area contributed by atoms with Crippen LogP contribution in [0.4, 0.5) is 0 Å². The lowest BCUT2D eigenvalue weighted by molar-refractivity contribution is -0.137. The van der Waals surface area contributed by atoms with E-state index in [1.54, 1.807) is 0 Å². The number of nitrogens with zero attached hydrogens (tertiary/aromatic N) is 2. The Labute approximate surface area is 129 Å². The van der Waals surface area contributed by atoms with Crippen molar-refractivity contribution in [2.24, 2.45) is 11.1 Å². The van der Waals surface area contributed by atoms with E-state index >= 15 is 0 Å². The van der Waals surface area contributed by atoms with Gasteiger partial charge in [-0.2, -0.15) is 0 Å². The standard InChI is InChI=1S/C17H20N2O3/c1-17(13-5-3-2-4-6-13)9-12(10-17)14(18-22)11-19-15(20)7-8-16(19)21/h2-6,12,22H,7-11H2,1H3/b18-14-. The summed E-state index contributed by atoms with van der Waals surface area (Å²) in [6.07, 6.45) is 2.27. The summed E-state index contributed by atoms with van der Waals surface area (Å²) in [6, 6.07) is 10.3. The monoisotopic (exact) mass is 300 g/mol. The van der Waals surface area contributed by atoms with Gasteiger partial charge in [0.2, 0.25) is 11.8 Å². The van der Waals surface area contributed by atoms with Crippen LogP contribution in [0.1, 0.15) is 38.2 Å². The molecule has 1 saturated heterocycles. The molecule has 1 heterocycles. The van der Waals surface area contributed by atoms with Crippen LogP contribution in [0.3, 0.4) is 0 Å². The molecule has 1 aromatic carbocycles. The third kappa shape index (κ3) is 2.51. The lowest BCUT2D eigenvalue weighted by atomic mass is 9.58. The first-order valence-corrected chi connectivity index (χ1v) is 7.63. The van der Waals surface area contributed by atoms with Crippen LogP contribution in [0.2, 0.25) is 0 Å². The zero-order chi connectivity index (χ0) is 15.7. The molecule has 22 heavy (non-hydrogen) atoms. The number of hydrogen-bond donors (Lipinski definition) is 1. The maximum atomic E-state index is 11.7. The molecule has 1 aliphatic carbocycles. The number of amides is 2. The molecule has 0 unspecified atom stereocenters. The second-order valence-corrected chi connectivity index (χ2v) is 6.50. The number of carbonyl (C=O) groups excluding carboxylic acids is 2. The van der Waals surface area contributed by atoms with Gasteiger partial charge in [0.15, 0.2) is 0 Å². The number of likely N-dealkylation sites (tertiary alicyclic amines) is 1. The molecule has 1 aromatic rings. The van der Waals surface area contributed by atoms with Crippen LogP contribution in [0.25, 0.3) is 0 Å². The summed E-state index contributed by atoms with van der Waals surface area (Å²) in [6.45, 7) is 2.32. The van der Waals surface area contributed by atoms with E-state index < -0.39 is 0 Å². The number of hydrogen-bond acceptors (Lipinski definition) is 4. The number of benzene rings is 1. The van der Waals surface area contributed by atoms with Gasteiger partial charge in [0.1, 0.15) is 0 Å². The van der Waals surface area contributed by atoms with Crippen LogP contribution in [0.15, 0.2) is 35.5 Å². The summed E-state index contributed by atoms with van der Waals surface area (Å²) >= 11 is 0. The van der Waals surface area contributed by atoms with E-state index in [-0.39, 0.29) is 42.5 Å². The largest absolute Gasteiger partial charge is 0.411 e. The van der Waals surface area contributed by atoms with E-state index in [1.807, 2.05) is 18.2 Å². The smallest absolute Gasteiger partial charge is 0.230 e. The molecule has 0 radical (unpaired) electrons. The van der Waals surface area contributed by atoms with Crippen LogP contribution < -0.4 is 0 Å². The highest BCUT2D eigenvalue weighted by molar-refractivity contribution is 6.05. The summed E-state index contributed by atoms with van der Waals surface area (Å²) in [5.41, 5.74) is 1.88. The normalized spacial score (nSPS) is 28.9. The molecule has 3 rings (SSSR count). The molecule has 116 valence electrons. The van der Waals surface area contributed by atoms with Gasteiger partial charge in [-0.1, -0.05) is 42.4 Å². The van der Waals surface area contributed by atoms with Crippen LogP contribution >= 0.6 is 0 Å². The molecule has 2 amide bonds. The van der Waals surface area contributed by atoms with Crippen molar-refractivity contribution in [3.8, 4) is 0 Å². The minimum absolute atomic E-state index is 0.0703. The van der Waals surface area contributed by atoms with Crippen LogP contribution in [0.5, 0.6) is 0 Å². The molecule has 1 saturated carbocycles. The second kappa shape index (κ2) is 5.55. The van der Waals surface area contributed by atoms with Crippen molar-refractivity contribution in [1.29, 1.82) is 0 Å². The quantitative estimate of drug-likeness (QED) is 0.401. The first-order valence-electron chi connectivity index (χ1n) is 7.63. The summed E-state index contributed by atoms with van der Waals surface area (Å²) < 4.78 is 0. The van der Waals surface area contributed by atoms with E-state index in [0.717, 1.165) is 12.8 Å². The maximum Gasteiger partial charge on any atom is 0.230 e. The fourth-order valence-corrected chi connectivity index (χ4v) is 3.54. The van der Waals surface area contributed by atoms with Gasteiger partial charge < -0.3 is 5.21 Å². The molecule has 2 fully saturated rings. The average Bonchev–Trinajstić information content (AvgIpc) is 2.82. The SMILES string of the molecule is CC1(c2ccccc2)CC(/C(CN2C(=O)CCC2=O)=N\O)C1. The van der Waals surface area contributed by atoms with E-state index in [0.29, 0.717) is 5.71 Å². The molecule has 5 heteroatoms. The van der Waals surface area contributed by atoms with Crippen molar-refractivity contribution >= 4 is 17.5 Å². The van der Waals surface area contributed by atoms with E-state index in [4.69, 9.17) is 0 Å². The minimum atomic E-state index is -0.170. The molecule has 0 bridgehead atoms. The average molecular weight is 300 g/mol. The molecular weight excluding hydrogens is 280 g/mol. The fraction of sp³-hybridized carbons (Fsp3) is 0.471. The Morgan fingerprint density at radius 2 is 1.82 bits per heavy atom. The lowest BCUT2D eigenvalue weighted by Gasteiger charge is -2.46. The number of rotatable bonds is 4. The van der Waals surface area contributed by atoms with E-state index in [9.17, 15) is 14.8 Å². The highest BCUT2D eigenvalue weighted by Gasteiger charge is 2.45. The highest BCUT2D eigenvalue weighted by Crippen LogP contribution is 2.48. The van der Waals surface area contributed by atoms with Crippen molar-refractivity contribution < 1.29 is 14.8 Å². The van der Waals surface area contributed by atoms with Crippen molar-refractivity contribution in [3.63, 3.8) is 0 Å². The van der Waals surface area contributed by atoms with Gasteiger partial charge in [-0.25, -0.2) is 0 Å². The van der Waals surface area contributed by atoms with Gasteiger partial charge in [0.25, 0.3) is 0 Å². The minimum Gasteiger partial charge on any atom is -0.411 e. The topological polar surface area (TPSA) is 70.0 Å². The predicted molar refractivity (Wildman–Crippen MR) is 81.7 cm³/mol. The number of oxime groups is 1. The van der Waals surface area contributed by atoms with Crippen LogP contribution in [0, 0.1) is 5.92 Å². The maximum absolute atomic E-state index is 11.7. The Bertz CT molecular complexity index is 602. The van der Waals surface area contributed by atoms with Crippen molar-refractivity contribution in [2.45, 2.75) is 38.0 Å².